The van der Waals surface area contributed by atoms with Crippen LogP contribution < -0.4 is 15.5 Å². The molecule has 0 atom stereocenters. The van der Waals surface area contributed by atoms with Gasteiger partial charge in [-0.05, 0) is 25.1 Å². The lowest BCUT2D eigenvalue weighted by molar-refractivity contribution is 0.547. The van der Waals surface area contributed by atoms with Gasteiger partial charge in [-0.25, -0.2) is 0 Å². The maximum absolute atomic E-state index is 4.15. The number of nitrogens with one attached hydrogen (secondary N) is 2. The molecule has 5 nitrogen and oxygen atoms in total. The molecule has 1 fully saturated rings. The van der Waals surface area contributed by atoms with Gasteiger partial charge in [0.05, 0.1) is 6.67 Å². The van der Waals surface area contributed by atoms with Gasteiger partial charge in [-0.3, -0.25) is 5.32 Å². The van der Waals surface area contributed by atoms with Crippen LogP contribution in [0.3, 0.4) is 0 Å². The molecule has 1 aliphatic heterocycles. The Balaban J connectivity index is 2.07. The van der Waals surface area contributed by atoms with E-state index in [1.54, 1.807) is 0 Å². The van der Waals surface area contributed by atoms with Gasteiger partial charge in [0, 0.05) is 13.6 Å². The third-order valence-corrected chi connectivity index (χ3v) is 2.31. The second-order valence-corrected chi connectivity index (χ2v) is 3.30. The topological polar surface area (TPSA) is 53.1 Å². The highest BCUT2D eigenvalue weighted by Crippen LogP contribution is 2.12. The van der Waals surface area contributed by atoms with Gasteiger partial charge >= 0.3 is 0 Å². The standard InChI is InChI=1S/C9H15N5/c1-10-8-3-4-9(13-12-8)14-6-2-5-11-7-14/h3-4,11H,2,5-7H2,1H3,(H,10,12). The van der Waals surface area contributed by atoms with Gasteiger partial charge in [0.1, 0.15) is 5.82 Å². The first-order valence-corrected chi connectivity index (χ1v) is 4.87. The molecule has 76 valence electrons. The van der Waals surface area contributed by atoms with Crippen molar-refractivity contribution in [2.75, 3.05) is 37.0 Å². The fourth-order valence-electron chi connectivity index (χ4n) is 1.51. The Morgan fingerprint density at radius 1 is 1.43 bits per heavy atom. The summed E-state index contributed by atoms with van der Waals surface area (Å²) in [5.74, 6) is 1.75. The summed E-state index contributed by atoms with van der Waals surface area (Å²) in [7, 11) is 1.84. The predicted octanol–water partition coefficient (Wildman–Crippen LogP) is 0.275. The van der Waals surface area contributed by atoms with Crippen molar-refractivity contribution in [3.8, 4) is 0 Å². The highest BCUT2D eigenvalue weighted by molar-refractivity contribution is 5.43. The molecule has 1 aliphatic rings. The number of nitrogens with zero attached hydrogens (tertiary/aromatic N) is 3. The minimum atomic E-state index is 0.804. The molecule has 1 aromatic heterocycles. The number of rotatable bonds is 2. The van der Waals surface area contributed by atoms with Gasteiger partial charge in [0.25, 0.3) is 0 Å². The summed E-state index contributed by atoms with van der Waals surface area (Å²) in [5.41, 5.74) is 0. The summed E-state index contributed by atoms with van der Waals surface area (Å²) in [5, 5.41) is 14.4. The summed E-state index contributed by atoms with van der Waals surface area (Å²) >= 11 is 0. The SMILES string of the molecule is CNc1ccc(N2CCCNC2)nn1. The molecule has 0 amide bonds. The number of hydrogen-bond acceptors (Lipinski definition) is 5. The van der Waals surface area contributed by atoms with Crippen molar-refractivity contribution in [2.24, 2.45) is 0 Å². The zero-order valence-corrected chi connectivity index (χ0v) is 8.32. The lowest BCUT2D eigenvalue weighted by atomic mass is 10.3. The molecule has 0 aromatic carbocycles. The molecule has 0 saturated carbocycles. The number of aromatic nitrogens is 2. The van der Waals surface area contributed by atoms with E-state index in [4.69, 9.17) is 0 Å². The van der Waals surface area contributed by atoms with Crippen LogP contribution in [0.25, 0.3) is 0 Å². The Morgan fingerprint density at radius 3 is 2.93 bits per heavy atom. The fourth-order valence-corrected chi connectivity index (χ4v) is 1.51. The van der Waals surface area contributed by atoms with E-state index in [0.717, 1.165) is 37.8 Å². The van der Waals surface area contributed by atoms with Crippen LogP contribution in [0.1, 0.15) is 6.42 Å². The summed E-state index contributed by atoms with van der Waals surface area (Å²) in [6.07, 6.45) is 1.16. The van der Waals surface area contributed by atoms with Crippen LogP contribution in [0, 0.1) is 0 Å². The van der Waals surface area contributed by atoms with Crippen molar-refractivity contribution in [1.29, 1.82) is 0 Å². The largest absolute Gasteiger partial charge is 0.372 e. The van der Waals surface area contributed by atoms with Crippen LogP contribution in [0.15, 0.2) is 12.1 Å². The normalized spacial score (nSPS) is 16.8. The molecule has 14 heavy (non-hydrogen) atoms. The lowest BCUT2D eigenvalue weighted by Gasteiger charge is -2.27. The van der Waals surface area contributed by atoms with Crippen LogP contribution in [0.4, 0.5) is 11.6 Å². The molecule has 0 bridgehead atoms. The minimum absolute atomic E-state index is 0.804. The summed E-state index contributed by atoms with van der Waals surface area (Å²) < 4.78 is 0. The van der Waals surface area contributed by atoms with Gasteiger partial charge in [0.2, 0.25) is 0 Å². The summed E-state index contributed by atoms with van der Waals surface area (Å²) in [6, 6.07) is 3.93. The smallest absolute Gasteiger partial charge is 0.152 e. The molecule has 1 aromatic rings. The first-order chi connectivity index (χ1) is 6.90. The van der Waals surface area contributed by atoms with E-state index >= 15 is 0 Å². The van der Waals surface area contributed by atoms with Crippen molar-refractivity contribution < 1.29 is 0 Å². The van der Waals surface area contributed by atoms with E-state index in [2.05, 4.69) is 25.7 Å². The van der Waals surface area contributed by atoms with Gasteiger partial charge in [-0.15, -0.1) is 10.2 Å². The van der Waals surface area contributed by atoms with E-state index in [1.807, 2.05) is 19.2 Å². The van der Waals surface area contributed by atoms with Crippen LogP contribution in [0.2, 0.25) is 0 Å². The van der Waals surface area contributed by atoms with Gasteiger partial charge < -0.3 is 10.2 Å². The maximum Gasteiger partial charge on any atom is 0.152 e. The highest BCUT2D eigenvalue weighted by Gasteiger charge is 2.11. The number of hydrogen-bond donors (Lipinski definition) is 2. The molecular weight excluding hydrogens is 178 g/mol. The monoisotopic (exact) mass is 193 g/mol. The predicted molar refractivity (Wildman–Crippen MR) is 56.4 cm³/mol. The fraction of sp³-hybridized carbons (Fsp3) is 0.556. The first kappa shape index (κ1) is 9.21. The molecule has 2 rings (SSSR count). The average molecular weight is 193 g/mol. The minimum Gasteiger partial charge on any atom is -0.372 e. The molecule has 1 saturated heterocycles. The van der Waals surface area contributed by atoms with Crippen LogP contribution >= 0.6 is 0 Å². The molecule has 5 heteroatoms. The quantitative estimate of drug-likeness (QED) is 0.706. The van der Waals surface area contributed by atoms with Crippen molar-refractivity contribution in [2.45, 2.75) is 6.42 Å². The third-order valence-electron chi connectivity index (χ3n) is 2.31. The van der Waals surface area contributed by atoms with Crippen LogP contribution in [-0.4, -0.2) is 37.0 Å². The second kappa shape index (κ2) is 4.23. The maximum atomic E-state index is 4.15. The Labute approximate surface area is 83.5 Å². The molecular formula is C9H15N5. The van der Waals surface area contributed by atoms with Crippen molar-refractivity contribution in [3.63, 3.8) is 0 Å². The van der Waals surface area contributed by atoms with Gasteiger partial charge in [0.15, 0.2) is 5.82 Å². The molecule has 2 N–H and O–H groups in total. The van der Waals surface area contributed by atoms with Crippen LogP contribution in [0.5, 0.6) is 0 Å². The van der Waals surface area contributed by atoms with Crippen molar-refractivity contribution in [1.82, 2.24) is 15.5 Å². The van der Waals surface area contributed by atoms with Crippen molar-refractivity contribution >= 4 is 11.6 Å². The Bertz CT molecular complexity index is 278. The Hall–Kier alpha value is -1.36. The van der Waals surface area contributed by atoms with E-state index < -0.39 is 0 Å². The second-order valence-electron chi connectivity index (χ2n) is 3.30. The van der Waals surface area contributed by atoms with Gasteiger partial charge in [-0.1, -0.05) is 0 Å². The molecule has 0 aliphatic carbocycles. The lowest BCUT2D eigenvalue weighted by Crippen LogP contribution is -2.42. The third kappa shape index (κ3) is 1.93. The molecule has 0 radical (unpaired) electrons. The number of anilines is 2. The zero-order valence-electron chi connectivity index (χ0n) is 8.32. The first-order valence-electron chi connectivity index (χ1n) is 4.87. The average Bonchev–Trinajstić information content (AvgIpc) is 2.30. The summed E-state index contributed by atoms with van der Waals surface area (Å²) in [6.45, 7) is 3.02. The zero-order chi connectivity index (χ0) is 9.80. The Kier molecular flexibility index (Phi) is 2.78. The van der Waals surface area contributed by atoms with E-state index in [-0.39, 0.29) is 0 Å². The summed E-state index contributed by atoms with van der Waals surface area (Å²) in [4.78, 5) is 2.19. The van der Waals surface area contributed by atoms with Gasteiger partial charge in [-0.2, -0.15) is 0 Å². The van der Waals surface area contributed by atoms with E-state index in [9.17, 15) is 0 Å². The molecule has 0 spiro atoms. The molecule has 0 unspecified atom stereocenters. The van der Waals surface area contributed by atoms with Crippen molar-refractivity contribution in [3.05, 3.63) is 12.1 Å². The van der Waals surface area contributed by atoms with E-state index in [1.165, 1.54) is 0 Å². The van der Waals surface area contributed by atoms with Crippen LogP contribution in [-0.2, 0) is 0 Å². The van der Waals surface area contributed by atoms with E-state index in [0.29, 0.717) is 0 Å². The molecule has 2 heterocycles. The highest BCUT2D eigenvalue weighted by atomic mass is 15.3. The Morgan fingerprint density at radius 2 is 2.36 bits per heavy atom.